The number of rotatable bonds is 8. The summed E-state index contributed by atoms with van der Waals surface area (Å²) in [6.07, 6.45) is 1.75. The van der Waals surface area contributed by atoms with Crippen LogP contribution in [0.4, 0.5) is 0 Å². The zero-order valence-corrected chi connectivity index (χ0v) is 19.9. The van der Waals surface area contributed by atoms with Crippen molar-refractivity contribution >= 4 is 11.0 Å². The minimum absolute atomic E-state index is 0.427. The molecule has 3 aromatic carbocycles. The molecule has 5 aromatic rings. The summed E-state index contributed by atoms with van der Waals surface area (Å²) >= 11 is 0. The summed E-state index contributed by atoms with van der Waals surface area (Å²) in [5, 5.41) is 9.99. The van der Waals surface area contributed by atoms with Crippen molar-refractivity contribution in [1.29, 1.82) is 5.41 Å². The molecule has 0 aliphatic heterocycles. The minimum Gasteiger partial charge on any atom is -0.497 e. The van der Waals surface area contributed by atoms with Gasteiger partial charge in [-0.25, -0.2) is 4.98 Å². The van der Waals surface area contributed by atoms with E-state index in [0.29, 0.717) is 25.2 Å². The minimum atomic E-state index is 0.427. The van der Waals surface area contributed by atoms with E-state index in [-0.39, 0.29) is 0 Å². The molecule has 6 nitrogen and oxygen atoms in total. The van der Waals surface area contributed by atoms with Gasteiger partial charge in [0.25, 0.3) is 0 Å². The van der Waals surface area contributed by atoms with Crippen LogP contribution in [-0.4, -0.2) is 34.9 Å². The zero-order valence-electron chi connectivity index (χ0n) is 19.9. The Labute approximate surface area is 204 Å². The topological polar surface area (TPSA) is 65.1 Å². The van der Waals surface area contributed by atoms with Gasteiger partial charge in [-0.05, 0) is 28.8 Å². The van der Waals surface area contributed by atoms with Gasteiger partial charge in [-0.15, -0.1) is 0 Å². The van der Waals surface area contributed by atoms with Crippen LogP contribution in [0.1, 0.15) is 5.56 Å². The van der Waals surface area contributed by atoms with E-state index in [2.05, 4.69) is 41.0 Å². The number of fused-ring (bicyclic) bond motifs is 1. The van der Waals surface area contributed by atoms with Gasteiger partial charge in [0.2, 0.25) is 0 Å². The number of aromatic nitrogens is 3. The second-order valence-corrected chi connectivity index (χ2v) is 8.37. The zero-order chi connectivity index (χ0) is 24.2. The average molecular weight is 465 g/mol. The molecule has 1 N–H and O–H groups in total. The highest BCUT2D eigenvalue weighted by molar-refractivity contribution is 6.02. The molecule has 5 rings (SSSR count). The lowest BCUT2D eigenvalue weighted by molar-refractivity contribution is 0.185. The van der Waals surface area contributed by atoms with Gasteiger partial charge < -0.3 is 18.6 Å². The standard InChI is InChI=1S/C29H28N4O2/c1-34-18-17-32-20-31-29-26(28(32)30)25(22-9-5-3-6-10-22)27(23-11-7-4-8-12-23)33(29)19-21-13-15-24(35-2)16-14-21/h3-16,20,30H,17-19H2,1-2H3. The third-order valence-corrected chi connectivity index (χ3v) is 6.23. The van der Waals surface area contributed by atoms with Crippen LogP contribution >= 0.6 is 0 Å². The summed E-state index contributed by atoms with van der Waals surface area (Å²) in [4.78, 5) is 4.88. The lowest BCUT2D eigenvalue weighted by Crippen LogP contribution is -2.23. The van der Waals surface area contributed by atoms with Crippen LogP contribution in [0.15, 0.2) is 91.3 Å². The molecule has 0 unspecified atom stereocenters. The molecule has 0 amide bonds. The predicted molar refractivity (Wildman–Crippen MR) is 138 cm³/mol. The van der Waals surface area contributed by atoms with Gasteiger partial charge >= 0.3 is 0 Å². The molecule has 0 fully saturated rings. The molecule has 0 atom stereocenters. The molecule has 0 radical (unpaired) electrons. The van der Waals surface area contributed by atoms with Crippen LogP contribution in [0.2, 0.25) is 0 Å². The van der Waals surface area contributed by atoms with Gasteiger partial charge in [0, 0.05) is 25.8 Å². The molecule has 6 heteroatoms. The number of nitrogens with one attached hydrogen (secondary N) is 1. The summed E-state index contributed by atoms with van der Waals surface area (Å²) in [5.74, 6) is 0.824. The Morgan fingerprint density at radius 2 is 1.49 bits per heavy atom. The number of nitrogens with zero attached hydrogens (tertiary/aromatic N) is 3. The molecule has 35 heavy (non-hydrogen) atoms. The quantitative estimate of drug-likeness (QED) is 0.336. The first-order valence-electron chi connectivity index (χ1n) is 11.6. The number of benzene rings is 3. The van der Waals surface area contributed by atoms with Crippen LogP contribution in [0.5, 0.6) is 5.75 Å². The van der Waals surface area contributed by atoms with Crippen molar-refractivity contribution < 1.29 is 9.47 Å². The van der Waals surface area contributed by atoms with E-state index < -0.39 is 0 Å². The Morgan fingerprint density at radius 3 is 2.11 bits per heavy atom. The molecule has 0 aliphatic rings. The first-order valence-corrected chi connectivity index (χ1v) is 11.6. The maximum absolute atomic E-state index is 9.15. The second-order valence-electron chi connectivity index (χ2n) is 8.37. The lowest BCUT2D eigenvalue weighted by Gasteiger charge is -2.13. The van der Waals surface area contributed by atoms with Gasteiger partial charge in [-0.3, -0.25) is 5.41 Å². The SMILES string of the molecule is COCCn1cnc2c(c(-c3ccccc3)c(-c3ccccc3)n2Cc2ccc(OC)cc2)c1=N. The molecular formula is C29H28N4O2. The van der Waals surface area contributed by atoms with E-state index in [4.69, 9.17) is 19.9 Å². The highest BCUT2D eigenvalue weighted by Gasteiger charge is 2.23. The largest absolute Gasteiger partial charge is 0.497 e. The van der Waals surface area contributed by atoms with Gasteiger partial charge in [0.05, 0.1) is 31.1 Å². The highest BCUT2D eigenvalue weighted by Crippen LogP contribution is 2.39. The molecule has 0 saturated heterocycles. The lowest BCUT2D eigenvalue weighted by atomic mass is 9.99. The van der Waals surface area contributed by atoms with Crippen molar-refractivity contribution in [2.75, 3.05) is 20.8 Å². The molecule has 0 saturated carbocycles. The van der Waals surface area contributed by atoms with Crippen molar-refractivity contribution in [2.24, 2.45) is 0 Å². The maximum Gasteiger partial charge on any atom is 0.146 e. The predicted octanol–water partition coefficient (Wildman–Crippen LogP) is 5.35. The number of ether oxygens (including phenoxy) is 2. The molecule has 2 aromatic heterocycles. The molecule has 176 valence electrons. The first-order chi connectivity index (χ1) is 17.2. The van der Waals surface area contributed by atoms with Crippen LogP contribution in [0.25, 0.3) is 33.4 Å². The fourth-order valence-corrected chi connectivity index (χ4v) is 4.50. The molecular weight excluding hydrogens is 436 g/mol. The van der Waals surface area contributed by atoms with Crippen LogP contribution in [0.3, 0.4) is 0 Å². The maximum atomic E-state index is 9.15. The molecule has 0 bridgehead atoms. The van der Waals surface area contributed by atoms with Crippen LogP contribution in [0, 0.1) is 5.41 Å². The third kappa shape index (κ3) is 4.36. The van der Waals surface area contributed by atoms with Crippen LogP contribution in [-0.2, 0) is 17.8 Å². The van der Waals surface area contributed by atoms with E-state index >= 15 is 0 Å². The van der Waals surface area contributed by atoms with Crippen LogP contribution < -0.4 is 10.2 Å². The fourth-order valence-electron chi connectivity index (χ4n) is 4.50. The van der Waals surface area contributed by atoms with Crippen molar-refractivity contribution in [3.8, 4) is 28.1 Å². The molecule has 0 spiro atoms. The number of hydrogen-bond acceptors (Lipinski definition) is 4. The van der Waals surface area contributed by atoms with E-state index in [1.165, 1.54) is 0 Å². The van der Waals surface area contributed by atoms with E-state index in [9.17, 15) is 0 Å². The second kappa shape index (κ2) is 9.99. The Bertz CT molecular complexity index is 1490. The fraction of sp³-hybridized carbons (Fsp3) is 0.172. The highest BCUT2D eigenvalue weighted by atomic mass is 16.5. The summed E-state index contributed by atoms with van der Waals surface area (Å²) in [6.45, 7) is 1.70. The summed E-state index contributed by atoms with van der Waals surface area (Å²) in [7, 11) is 3.34. The normalized spacial score (nSPS) is 11.1. The Balaban J connectivity index is 1.83. The van der Waals surface area contributed by atoms with E-state index in [1.807, 2.05) is 53.1 Å². The average Bonchev–Trinajstić information content (AvgIpc) is 3.24. The summed E-state index contributed by atoms with van der Waals surface area (Å²) < 4.78 is 14.7. The van der Waals surface area contributed by atoms with Crippen molar-refractivity contribution in [2.45, 2.75) is 13.1 Å². The van der Waals surface area contributed by atoms with Gasteiger partial charge in [-0.1, -0.05) is 72.8 Å². The molecule has 2 heterocycles. The smallest absolute Gasteiger partial charge is 0.146 e. The van der Waals surface area contributed by atoms with Gasteiger partial charge in [-0.2, -0.15) is 0 Å². The third-order valence-electron chi connectivity index (χ3n) is 6.23. The Kier molecular flexibility index (Phi) is 6.46. The summed E-state index contributed by atoms with van der Waals surface area (Å²) in [5.41, 5.74) is 6.56. The monoisotopic (exact) mass is 464 g/mol. The van der Waals surface area contributed by atoms with E-state index in [0.717, 1.165) is 44.7 Å². The number of methoxy groups -OCH3 is 2. The Morgan fingerprint density at radius 1 is 0.829 bits per heavy atom. The first kappa shape index (κ1) is 22.6. The number of hydrogen-bond donors (Lipinski definition) is 1. The van der Waals surface area contributed by atoms with Gasteiger partial charge in [0.1, 0.15) is 16.9 Å². The Hall–Kier alpha value is -4.16. The molecule has 0 aliphatic carbocycles. The van der Waals surface area contributed by atoms with E-state index in [1.54, 1.807) is 20.5 Å². The van der Waals surface area contributed by atoms with Crippen molar-refractivity contribution in [3.05, 3.63) is 102 Å². The van der Waals surface area contributed by atoms with Crippen molar-refractivity contribution in [3.63, 3.8) is 0 Å². The summed E-state index contributed by atoms with van der Waals surface area (Å²) in [6, 6.07) is 28.8. The van der Waals surface area contributed by atoms with Gasteiger partial charge in [0.15, 0.2) is 0 Å². The van der Waals surface area contributed by atoms with Crippen molar-refractivity contribution in [1.82, 2.24) is 14.1 Å².